The molecule has 2 unspecified atom stereocenters. The molecule has 0 spiro atoms. The number of carboxylic acid groups (broad SMARTS) is 1. The van der Waals surface area contributed by atoms with Crippen molar-refractivity contribution >= 4 is 23.8 Å². The van der Waals surface area contributed by atoms with Crippen LogP contribution in [0.25, 0.3) is 0 Å². The summed E-state index contributed by atoms with van der Waals surface area (Å²) in [5, 5.41) is 22.5. The molecule has 2 atom stereocenters. The van der Waals surface area contributed by atoms with E-state index in [1.165, 1.54) is 89.9 Å². The molecule has 0 aliphatic rings. The normalized spacial score (nSPS) is 12.7. The zero-order valence-corrected chi connectivity index (χ0v) is 33.3. The van der Waals surface area contributed by atoms with Gasteiger partial charge in [0.25, 0.3) is 0 Å². The number of amides is 2. The summed E-state index contributed by atoms with van der Waals surface area (Å²) >= 11 is 0. The molecule has 0 aliphatic heterocycles. The fraction of sp³-hybridized carbons (Fsp3) is 0.814. The fourth-order valence-electron chi connectivity index (χ4n) is 6.14. The molecule has 0 radical (unpaired) electrons. The third-order valence-corrected chi connectivity index (χ3v) is 9.45. The summed E-state index contributed by atoms with van der Waals surface area (Å²) in [7, 11) is 0. The van der Waals surface area contributed by atoms with Crippen molar-refractivity contribution in [3.63, 3.8) is 0 Å². The molecule has 0 saturated heterocycles. The molecule has 0 heterocycles. The Morgan fingerprint density at radius 1 is 0.577 bits per heavy atom. The number of aliphatic carboxylic acids is 1. The van der Waals surface area contributed by atoms with Crippen molar-refractivity contribution in [1.82, 2.24) is 10.6 Å². The van der Waals surface area contributed by atoms with Crippen molar-refractivity contribution in [2.24, 2.45) is 0 Å². The minimum absolute atomic E-state index is 0.0155. The fourth-order valence-corrected chi connectivity index (χ4v) is 6.14. The van der Waals surface area contributed by atoms with Crippen LogP contribution in [0.3, 0.4) is 0 Å². The number of hydrogen-bond donors (Lipinski definition) is 4. The summed E-state index contributed by atoms with van der Waals surface area (Å²) in [6, 6.07) is -1.38. The van der Waals surface area contributed by atoms with Crippen LogP contribution in [0, 0.1) is 0 Å². The van der Waals surface area contributed by atoms with E-state index in [2.05, 4.69) is 48.8 Å². The monoisotopic (exact) mass is 735 g/mol. The quantitative estimate of drug-likeness (QED) is 0.0281. The Hall–Kier alpha value is -2.68. The van der Waals surface area contributed by atoms with Crippen LogP contribution >= 0.6 is 0 Å². The molecule has 2 amide bonds. The molecule has 52 heavy (non-hydrogen) atoms. The number of nitrogens with one attached hydrogen (secondary N) is 2. The van der Waals surface area contributed by atoms with E-state index in [1.54, 1.807) is 0 Å². The lowest BCUT2D eigenvalue weighted by atomic mass is 10.0. The van der Waals surface area contributed by atoms with Crippen LogP contribution < -0.4 is 10.6 Å². The highest BCUT2D eigenvalue weighted by Gasteiger charge is 2.19. The Bertz CT molecular complexity index is 936. The van der Waals surface area contributed by atoms with Gasteiger partial charge in [-0.3, -0.25) is 14.4 Å². The number of carbonyl (C=O) groups excluding carboxylic acids is 3. The van der Waals surface area contributed by atoms with Crippen LogP contribution in [-0.4, -0.2) is 59.3 Å². The molecule has 0 aliphatic carbocycles. The van der Waals surface area contributed by atoms with Gasteiger partial charge in [-0.1, -0.05) is 147 Å². The largest absolute Gasteiger partial charge is 0.480 e. The zero-order chi connectivity index (χ0) is 38.3. The second kappa shape index (κ2) is 38.1. The maximum atomic E-state index is 12.7. The maximum absolute atomic E-state index is 12.7. The average molecular weight is 735 g/mol. The number of esters is 1. The van der Waals surface area contributed by atoms with Crippen molar-refractivity contribution in [2.45, 2.75) is 212 Å². The molecule has 4 N–H and O–H groups in total. The summed E-state index contributed by atoms with van der Waals surface area (Å²) in [5.41, 5.74) is 0. The third kappa shape index (κ3) is 34.4. The Morgan fingerprint density at radius 2 is 1.06 bits per heavy atom. The number of aliphatic hydroxyl groups is 1. The van der Waals surface area contributed by atoms with Gasteiger partial charge in [-0.05, 0) is 64.2 Å². The Balaban J connectivity index is 4.29. The van der Waals surface area contributed by atoms with E-state index in [4.69, 9.17) is 14.9 Å². The van der Waals surface area contributed by atoms with E-state index < -0.39 is 24.5 Å². The van der Waals surface area contributed by atoms with Gasteiger partial charge in [-0.15, -0.1) is 0 Å². The molecule has 0 saturated carbocycles. The van der Waals surface area contributed by atoms with Crippen molar-refractivity contribution in [1.29, 1.82) is 0 Å². The van der Waals surface area contributed by atoms with Crippen molar-refractivity contribution in [2.75, 3.05) is 13.2 Å². The molecule has 9 nitrogen and oxygen atoms in total. The Morgan fingerprint density at radius 3 is 1.60 bits per heavy atom. The molecule has 0 aromatic heterocycles. The summed E-state index contributed by atoms with van der Waals surface area (Å²) < 4.78 is 6.01. The highest BCUT2D eigenvalue weighted by molar-refractivity contribution is 5.87. The molecule has 9 heteroatoms. The van der Waals surface area contributed by atoms with Gasteiger partial charge in [0.1, 0.15) is 12.1 Å². The lowest BCUT2D eigenvalue weighted by molar-refractivity contribution is -0.150. The van der Waals surface area contributed by atoms with Gasteiger partial charge in [0, 0.05) is 12.8 Å². The first kappa shape index (κ1) is 49.3. The van der Waals surface area contributed by atoms with Crippen LogP contribution in [0.2, 0.25) is 0 Å². The van der Waals surface area contributed by atoms with Gasteiger partial charge in [-0.25, -0.2) is 4.79 Å². The van der Waals surface area contributed by atoms with E-state index in [0.717, 1.165) is 77.0 Å². The Labute approximate surface area is 317 Å². The smallest absolute Gasteiger partial charge is 0.328 e. The molecule has 302 valence electrons. The lowest BCUT2D eigenvalue weighted by Gasteiger charge is -2.18. The van der Waals surface area contributed by atoms with Crippen LogP contribution in [0.15, 0.2) is 24.3 Å². The summed E-state index contributed by atoms with van der Waals surface area (Å²) in [4.78, 5) is 47.5. The first-order valence-corrected chi connectivity index (χ1v) is 21.2. The molecule has 0 aromatic rings. The van der Waals surface area contributed by atoms with E-state index in [9.17, 15) is 19.2 Å². The van der Waals surface area contributed by atoms with Gasteiger partial charge in [0.2, 0.25) is 11.8 Å². The van der Waals surface area contributed by atoms with Gasteiger partial charge < -0.3 is 25.6 Å². The van der Waals surface area contributed by atoms with E-state index in [-0.39, 0.29) is 24.5 Å². The molecular formula is C43H78N2O7. The zero-order valence-electron chi connectivity index (χ0n) is 33.3. The number of allylic oxidation sites excluding steroid dienone is 4. The van der Waals surface area contributed by atoms with Crippen LogP contribution in [0.1, 0.15) is 200 Å². The average Bonchev–Trinajstić information content (AvgIpc) is 3.13. The maximum Gasteiger partial charge on any atom is 0.328 e. The van der Waals surface area contributed by atoms with E-state index >= 15 is 0 Å². The van der Waals surface area contributed by atoms with Gasteiger partial charge in [0.05, 0.1) is 13.2 Å². The molecule has 0 bridgehead atoms. The second-order valence-corrected chi connectivity index (χ2v) is 14.4. The SMILES string of the molecule is CCCC/C=C\C/C=C\CCCCCCCC(=O)OC(CCCCCCCCCCCC)CCCCCCCC(=O)NCC(=O)NC(CO)C(=O)O. The predicted octanol–water partition coefficient (Wildman–Crippen LogP) is 10.0. The standard InChI is InChI=1S/C43H78N2O7/c1-3-5-7-9-11-13-15-16-17-18-20-22-27-31-35-42(49)52-38(32-28-24-21-19-14-12-10-8-6-4-2)33-29-25-23-26-30-34-40(47)44-36-41(48)45-39(37-46)43(50)51/h9,11,15-16,38-39,46H,3-8,10,12-14,17-37H2,1-2H3,(H,44,47)(H,45,48)(H,50,51)/b11-9-,16-15-. The van der Waals surface area contributed by atoms with E-state index in [1.807, 2.05) is 0 Å². The predicted molar refractivity (Wildman–Crippen MR) is 213 cm³/mol. The van der Waals surface area contributed by atoms with Crippen molar-refractivity contribution in [3.05, 3.63) is 24.3 Å². The highest BCUT2D eigenvalue weighted by atomic mass is 16.5. The first-order chi connectivity index (χ1) is 25.3. The van der Waals surface area contributed by atoms with Gasteiger partial charge in [-0.2, -0.15) is 0 Å². The van der Waals surface area contributed by atoms with Crippen molar-refractivity contribution < 1.29 is 34.1 Å². The van der Waals surface area contributed by atoms with Crippen LogP contribution in [0.5, 0.6) is 0 Å². The molecular weight excluding hydrogens is 656 g/mol. The molecule has 0 aromatic carbocycles. The number of hydrogen-bond acceptors (Lipinski definition) is 6. The Kier molecular flexibility index (Phi) is 36.1. The third-order valence-electron chi connectivity index (χ3n) is 9.45. The first-order valence-electron chi connectivity index (χ1n) is 21.2. The highest BCUT2D eigenvalue weighted by Crippen LogP contribution is 2.19. The molecule has 0 rings (SSSR count). The topological polar surface area (TPSA) is 142 Å². The summed E-state index contributed by atoms with van der Waals surface area (Å²) in [6.45, 7) is 3.44. The van der Waals surface area contributed by atoms with Gasteiger partial charge >= 0.3 is 11.9 Å². The second-order valence-electron chi connectivity index (χ2n) is 14.4. The molecule has 0 fully saturated rings. The number of unbranched alkanes of at least 4 members (excludes halogenated alkanes) is 20. The number of carbonyl (C=O) groups is 4. The van der Waals surface area contributed by atoms with Gasteiger partial charge in [0.15, 0.2) is 0 Å². The lowest BCUT2D eigenvalue weighted by Crippen LogP contribution is -2.47. The number of carboxylic acids is 1. The summed E-state index contributed by atoms with van der Waals surface area (Å²) in [5.74, 6) is -2.30. The van der Waals surface area contributed by atoms with Crippen LogP contribution in [-0.2, 0) is 23.9 Å². The minimum atomic E-state index is -1.38. The van der Waals surface area contributed by atoms with Crippen molar-refractivity contribution in [3.8, 4) is 0 Å². The number of ether oxygens (including phenoxy) is 1. The number of aliphatic hydroxyl groups excluding tert-OH is 1. The van der Waals surface area contributed by atoms with E-state index in [0.29, 0.717) is 19.3 Å². The summed E-state index contributed by atoms with van der Waals surface area (Å²) in [6.07, 6.45) is 40.5. The number of rotatable bonds is 38. The van der Waals surface area contributed by atoms with Crippen LogP contribution in [0.4, 0.5) is 0 Å². The minimum Gasteiger partial charge on any atom is -0.480 e.